The third-order valence-electron chi connectivity index (χ3n) is 3.71. The third-order valence-corrected chi connectivity index (χ3v) is 4.03. The SMILES string of the molecule is COc1c(C2(C)CCCN2)cc(Cl)c(C=O)c1OC. The molecule has 0 saturated carbocycles. The van der Waals surface area contributed by atoms with E-state index >= 15 is 0 Å². The first-order valence-corrected chi connectivity index (χ1v) is 6.60. The van der Waals surface area contributed by atoms with Crippen molar-refractivity contribution in [3.8, 4) is 11.5 Å². The maximum atomic E-state index is 11.2. The number of rotatable bonds is 4. The van der Waals surface area contributed by atoms with Crippen molar-refractivity contribution in [3.63, 3.8) is 0 Å². The monoisotopic (exact) mass is 283 g/mol. The third kappa shape index (κ3) is 2.30. The summed E-state index contributed by atoms with van der Waals surface area (Å²) in [5.74, 6) is 0.973. The van der Waals surface area contributed by atoms with Crippen LogP contribution in [0.3, 0.4) is 0 Å². The van der Waals surface area contributed by atoms with Crippen molar-refractivity contribution in [1.82, 2.24) is 5.32 Å². The van der Waals surface area contributed by atoms with Crippen LogP contribution in [-0.2, 0) is 5.54 Å². The van der Waals surface area contributed by atoms with E-state index in [2.05, 4.69) is 12.2 Å². The van der Waals surface area contributed by atoms with Crippen molar-refractivity contribution < 1.29 is 14.3 Å². The molecule has 19 heavy (non-hydrogen) atoms. The van der Waals surface area contributed by atoms with E-state index in [4.69, 9.17) is 21.1 Å². The molecule has 1 aromatic rings. The van der Waals surface area contributed by atoms with Crippen LogP contribution in [0.5, 0.6) is 11.5 Å². The van der Waals surface area contributed by atoms with Gasteiger partial charge in [-0.3, -0.25) is 4.79 Å². The molecule has 1 aliphatic heterocycles. The van der Waals surface area contributed by atoms with Gasteiger partial charge in [0.25, 0.3) is 0 Å². The Morgan fingerprint density at radius 2 is 2.05 bits per heavy atom. The fourth-order valence-corrected chi connectivity index (χ4v) is 2.91. The van der Waals surface area contributed by atoms with Gasteiger partial charge in [-0.15, -0.1) is 0 Å². The summed E-state index contributed by atoms with van der Waals surface area (Å²) in [6, 6.07) is 1.80. The molecule has 0 radical (unpaired) electrons. The fraction of sp³-hybridized carbons (Fsp3) is 0.500. The smallest absolute Gasteiger partial charge is 0.173 e. The summed E-state index contributed by atoms with van der Waals surface area (Å²) in [7, 11) is 3.08. The number of nitrogens with one attached hydrogen (secondary N) is 1. The highest BCUT2D eigenvalue weighted by Gasteiger charge is 2.35. The van der Waals surface area contributed by atoms with Gasteiger partial charge in [0.1, 0.15) is 0 Å². The quantitative estimate of drug-likeness (QED) is 0.863. The van der Waals surface area contributed by atoms with Crippen molar-refractivity contribution in [2.24, 2.45) is 0 Å². The van der Waals surface area contributed by atoms with Gasteiger partial charge in [0.05, 0.1) is 24.8 Å². The predicted octanol–water partition coefficient (Wildman–Crippen LogP) is 2.77. The molecule has 0 aliphatic carbocycles. The molecule has 1 atom stereocenters. The van der Waals surface area contributed by atoms with E-state index in [0.717, 1.165) is 24.9 Å². The van der Waals surface area contributed by atoms with Crippen LogP contribution in [0, 0.1) is 0 Å². The standard InChI is InChI=1S/C14H18ClNO3/c1-14(5-4-6-16-14)10-7-11(15)9(8-17)12(18-2)13(10)19-3/h7-8,16H,4-6H2,1-3H3. The first kappa shape index (κ1) is 14.2. The molecule has 1 fully saturated rings. The highest BCUT2D eigenvalue weighted by Crippen LogP contribution is 2.45. The first-order valence-electron chi connectivity index (χ1n) is 6.22. The van der Waals surface area contributed by atoms with Gasteiger partial charge in [0.15, 0.2) is 17.8 Å². The second-order valence-electron chi connectivity index (χ2n) is 4.87. The number of hydrogen-bond acceptors (Lipinski definition) is 4. The average molecular weight is 284 g/mol. The molecule has 1 N–H and O–H groups in total. The second kappa shape index (κ2) is 5.39. The van der Waals surface area contributed by atoms with Crippen LogP contribution in [0.25, 0.3) is 0 Å². The van der Waals surface area contributed by atoms with Gasteiger partial charge >= 0.3 is 0 Å². The molecular weight excluding hydrogens is 266 g/mol. The van der Waals surface area contributed by atoms with Crippen LogP contribution >= 0.6 is 11.6 Å². The number of hydrogen-bond donors (Lipinski definition) is 1. The largest absolute Gasteiger partial charge is 0.492 e. The number of aldehydes is 1. The lowest BCUT2D eigenvalue weighted by molar-refractivity contribution is 0.112. The maximum Gasteiger partial charge on any atom is 0.173 e. The zero-order chi connectivity index (χ0) is 14.0. The normalized spacial score (nSPS) is 22.3. The highest BCUT2D eigenvalue weighted by molar-refractivity contribution is 6.33. The van der Waals surface area contributed by atoms with E-state index < -0.39 is 0 Å². The highest BCUT2D eigenvalue weighted by atomic mass is 35.5. The second-order valence-corrected chi connectivity index (χ2v) is 5.27. The fourth-order valence-electron chi connectivity index (χ4n) is 2.67. The number of ether oxygens (including phenoxy) is 2. The molecule has 0 bridgehead atoms. The predicted molar refractivity (Wildman–Crippen MR) is 74.5 cm³/mol. The van der Waals surface area contributed by atoms with E-state index in [-0.39, 0.29) is 5.54 Å². The van der Waals surface area contributed by atoms with Crippen molar-refractivity contribution in [1.29, 1.82) is 0 Å². The zero-order valence-corrected chi connectivity index (χ0v) is 12.1. The van der Waals surface area contributed by atoms with Crippen LogP contribution < -0.4 is 14.8 Å². The number of methoxy groups -OCH3 is 2. The van der Waals surface area contributed by atoms with Crippen molar-refractivity contribution in [3.05, 3.63) is 22.2 Å². The number of carbonyl (C=O) groups excluding carboxylic acids is 1. The Morgan fingerprint density at radius 3 is 2.53 bits per heavy atom. The van der Waals surface area contributed by atoms with Crippen molar-refractivity contribution >= 4 is 17.9 Å². The number of halogens is 1. The molecule has 0 spiro atoms. The minimum absolute atomic E-state index is 0.205. The molecule has 1 heterocycles. The van der Waals surface area contributed by atoms with Crippen LogP contribution in [0.2, 0.25) is 5.02 Å². The zero-order valence-electron chi connectivity index (χ0n) is 11.4. The van der Waals surface area contributed by atoms with Crippen molar-refractivity contribution in [2.75, 3.05) is 20.8 Å². The van der Waals surface area contributed by atoms with Gasteiger partial charge in [0, 0.05) is 11.1 Å². The van der Waals surface area contributed by atoms with Gasteiger partial charge in [-0.1, -0.05) is 11.6 Å². The van der Waals surface area contributed by atoms with E-state index in [1.54, 1.807) is 13.2 Å². The number of carbonyl (C=O) groups is 1. The Hall–Kier alpha value is -1.26. The molecular formula is C14H18ClNO3. The van der Waals surface area contributed by atoms with E-state index in [9.17, 15) is 4.79 Å². The lowest BCUT2D eigenvalue weighted by atomic mass is 9.88. The molecule has 0 aromatic heterocycles. The lowest BCUT2D eigenvalue weighted by Crippen LogP contribution is -2.33. The van der Waals surface area contributed by atoms with Gasteiger partial charge in [-0.25, -0.2) is 0 Å². The van der Waals surface area contributed by atoms with Crippen LogP contribution in [0.4, 0.5) is 0 Å². The average Bonchev–Trinajstić information content (AvgIpc) is 2.85. The maximum absolute atomic E-state index is 11.2. The van der Waals surface area contributed by atoms with Crippen molar-refractivity contribution in [2.45, 2.75) is 25.3 Å². The molecule has 1 aliphatic rings. The van der Waals surface area contributed by atoms with E-state index in [0.29, 0.717) is 28.4 Å². The van der Waals surface area contributed by atoms with Crippen LogP contribution in [-0.4, -0.2) is 27.1 Å². The minimum atomic E-state index is -0.205. The van der Waals surface area contributed by atoms with Crippen LogP contribution in [0.1, 0.15) is 35.7 Å². The molecule has 104 valence electrons. The Bertz CT molecular complexity index is 496. The molecule has 4 nitrogen and oxygen atoms in total. The Kier molecular flexibility index (Phi) is 4.02. The molecule has 2 rings (SSSR count). The first-order chi connectivity index (χ1) is 9.07. The Morgan fingerprint density at radius 1 is 1.37 bits per heavy atom. The molecule has 0 amide bonds. The minimum Gasteiger partial charge on any atom is -0.492 e. The van der Waals surface area contributed by atoms with E-state index in [1.807, 2.05) is 0 Å². The summed E-state index contributed by atoms with van der Waals surface area (Å²) in [6.07, 6.45) is 2.77. The Balaban J connectivity index is 2.67. The lowest BCUT2D eigenvalue weighted by Gasteiger charge is -2.28. The topological polar surface area (TPSA) is 47.6 Å². The van der Waals surface area contributed by atoms with Crippen LogP contribution in [0.15, 0.2) is 6.07 Å². The van der Waals surface area contributed by atoms with E-state index in [1.165, 1.54) is 7.11 Å². The molecule has 1 unspecified atom stereocenters. The van der Waals surface area contributed by atoms with Gasteiger partial charge in [-0.05, 0) is 32.4 Å². The summed E-state index contributed by atoms with van der Waals surface area (Å²) in [4.78, 5) is 11.2. The number of benzene rings is 1. The summed E-state index contributed by atoms with van der Waals surface area (Å²) >= 11 is 6.19. The summed E-state index contributed by atoms with van der Waals surface area (Å²) in [6.45, 7) is 3.06. The van der Waals surface area contributed by atoms with Gasteiger partial charge < -0.3 is 14.8 Å². The molecule has 1 saturated heterocycles. The molecule has 5 heteroatoms. The summed E-state index contributed by atoms with van der Waals surface area (Å²) in [5, 5.41) is 3.84. The summed E-state index contributed by atoms with van der Waals surface area (Å²) in [5.41, 5.74) is 1.05. The van der Waals surface area contributed by atoms with Gasteiger partial charge in [-0.2, -0.15) is 0 Å². The Labute approximate surface area is 118 Å². The summed E-state index contributed by atoms with van der Waals surface area (Å²) < 4.78 is 10.8. The van der Waals surface area contributed by atoms with Gasteiger partial charge in [0.2, 0.25) is 0 Å². The molecule has 1 aromatic carbocycles.